The Kier molecular flexibility index (Phi) is 4.87. The average Bonchev–Trinajstić information content (AvgIpc) is 2.36. The molecule has 0 bridgehead atoms. The van der Waals surface area contributed by atoms with Gasteiger partial charge in [0.1, 0.15) is 6.61 Å². The van der Waals surface area contributed by atoms with Crippen molar-refractivity contribution in [3.63, 3.8) is 0 Å². The van der Waals surface area contributed by atoms with Gasteiger partial charge in [0.15, 0.2) is 0 Å². The second-order valence-electron chi connectivity index (χ2n) is 4.56. The van der Waals surface area contributed by atoms with Gasteiger partial charge in [-0.1, -0.05) is 48.2 Å². The molecule has 1 fully saturated rings. The van der Waals surface area contributed by atoms with Crippen molar-refractivity contribution in [3.05, 3.63) is 34.9 Å². The van der Waals surface area contributed by atoms with Crippen LogP contribution >= 0.6 is 11.6 Å². The minimum absolute atomic E-state index is 0.490. The summed E-state index contributed by atoms with van der Waals surface area (Å²) in [6, 6.07) is 7.67. The third-order valence-electron chi connectivity index (χ3n) is 3.12. The summed E-state index contributed by atoms with van der Waals surface area (Å²) < 4.78 is 0. The molecule has 0 amide bonds. The lowest BCUT2D eigenvalue weighted by molar-refractivity contribution is 0.130. The van der Waals surface area contributed by atoms with Crippen LogP contribution in [0.2, 0.25) is 5.02 Å². The Balaban J connectivity index is 1.73. The highest BCUT2D eigenvalue weighted by molar-refractivity contribution is 6.30. The third-order valence-corrected chi connectivity index (χ3v) is 3.35. The summed E-state index contributed by atoms with van der Waals surface area (Å²) in [6.07, 6.45) is 8.49. The minimum atomic E-state index is 0.490. The molecule has 3 heteroatoms. The highest BCUT2D eigenvalue weighted by Gasteiger charge is 2.10. The molecule has 1 aliphatic rings. The maximum absolute atomic E-state index is 5.89. The summed E-state index contributed by atoms with van der Waals surface area (Å²) in [4.78, 5) is 5.29. The molecule has 0 radical (unpaired) electrons. The Morgan fingerprint density at radius 3 is 2.88 bits per heavy atom. The van der Waals surface area contributed by atoms with Gasteiger partial charge in [0, 0.05) is 11.2 Å². The average molecular weight is 252 g/mol. The van der Waals surface area contributed by atoms with Gasteiger partial charge in [-0.25, -0.2) is 0 Å². The summed E-state index contributed by atoms with van der Waals surface area (Å²) >= 11 is 5.89. The summed E-state index contributed by atoms with van der Waals surface area (Å²) in [7, 11) is 0. The molecule has 0 unspecified atom stereocenters. The van der Waals surface area contributed by atoms with Crippen molar-refractivity contribution in [2.45, 2.75) is 38.7 Å². The lowest BCUT2D eigenvalue weighted by Gasteiger charge is -2.16. The highest BCUT2D eigenvalue weighted by atomic mass is 35.5. The number of hydrogen-bond donors (Lipinski definition) is 0. The van der Waals surface area contributed by atoms with Gasteiger partial charge in [0.25, 0.3) is 0 Å². The largest absolute Gasteiger partial charge is 0.391 e. The number of halogens is 1. The lowest BCUT2D eigenvalue weighted by atomic mass is 9.90. The van der Waals surface area contributed by atoms with Crippen LogP contribution in [-0.4, -0.2) is 6.21 Å². The van der Waals surface area contributed by atoms with E-state index in [9.17, 15) is 0 Å². The van der Waals surface area contributed by atoms with Gasteiger partial charge >= 0.3 is 0 Å². The third kappa shape index (κ3) is 4.39. The standard InChI is InChI=1S/C14H18ClNO/c15-14-8-4-7-13(9-14)11-17-16-10-12-5-2-1-3-6-12/h4,7-10,12H,1-3,5-6,11H2. The van der Waals surface area contributed by atoms with Crippen molar-refractivity contribution in [3.8, 4) is 0 Å². The van der Waals surface area contributed by atoms with E-state index in [-0.39, 0.29) is 0 Å². The number of rotatable bonds is 4. The van der Waals surface area contributed by atoms with Gasteiger partial charge < -0.3 is 4.84 Å². The fourth-order valence-corrected chi connectivity index (χ4v) is 2.36. The van der Waals surface area contributed by atoms with Gasteiger partial charge in [-0.2, -0.15) is 0 Å². The van der Waals surface area contributed by atoms with Crippen LogP contribution in [-0.2, 0) is 11.4 Å². The van der Waals surface area contributed by atoms with E-state index in [0.717, 1.165) is 10.6 Å². The molecule has 1 aromatic carbocycles. The fraction of sp³-hybridized carbons (Fsp3) is 0.500. The van der Waals surface area contributed by atoms with Gasteiger partial charge in [0.05, 0.1) is 0 Å². The Morgan fingerprint density at radius 2 is 2.12 bits per heavy atom. The number of benzene rings is 1. The topological polar surface area (TPSA) is 21.6 Å². The zero-order valence-electron chi connectivity index (χ0n) is 9.94. The first-order chi connectivity index (χ1) is 8.34. The first-order valence-electron chi connectivity index (χ1n) is 6.24. The molecule has 0 saturated heterocycles. The van der Waals surface area contributed by atoms with Gasteiger partial charge in [-0.15, -0.1) is 0 Å². The number of hydrogen-bond acceptors (Lipinski definition) is 2. The van der Waals surface area contributed by atoms with Crippen LogP contribution in [0.4, 0.5) is 0 Å². The summed E-state index contributed by atoms with van der Waals surface area (Å²) in [5.41, 5.74) is 1.05. The molecule has 0 spiro atoms. The normalized spacial score (nSPS) is 17.5. The molecule has 92 valence electrons. The van der Waals surface area contributed by atoms with Crippen LogP contribution in [0.3, 0.4) is 0 Å². The van der Waals surface area contributed by atoms with Crippen molar-refractivity contribution in [1.82, 2.24) is 0 Å². The second kappa shape index (κ2) is 6.65. The molecule has 17 heavy (non-hydrogen) atoms. The monoisotopic (exact) mass is 251 g/mol. The predicted molar refractivity (Wildman–Crippen MR) is 71.3 cm³/mol. The van der Waals surface area contributed by atoms with Crippen LogP contribution in [0, 0.1) is 5.92 Å². The Morgan fingerprint density at radius 1 is 1.29 bits per heavy atom. The maximum atomic E-state index is 5.89. The first kappa shape index (κ1) is 12.4. The van der Waals surface area contributed by atoms with Crippen molar-refractivity contribution in [1.29, 1.82) is 0 Å². The zero-order chi connectivity index (χ0) is 11.9. The SMILES string of the molecule is Clc1cccc(CON=CC2CCCCC2)c1. The molecule has 1 aromatic rings. The Bertz CT molecular complexity index is 372. The maximum Gasteiger partial charge on any atom is 0.142 e. The number of oxime groups is 1. The lowest BCUT2D eigenvalue weighted by Crippen LogP contribution is -2.07. The molecular weight excluding hydrogens is 234 g/mol. The van der Waals surface area contributed by atoms with E-state index in [0.29, 0.717) is 12.5 Å². The van der Waals surface area contributed by atoms with Gasteiger partial charge in [-0.3, -0.25) is 0 Å². The minimum Gasteiger partial charge on any atom is -0.391 e. The van der Waals surface area contributed by atoms with Crippen LogP contribution in [0.1, 0.15) is 37.7 Å². The summed E-state index contributed by atoms with van der Waals surface area (Å²) in [5, 5.41) is 4.79. The second-order valence-corrected chi connectivity index (χ2v) is 4.99. The molecule has 1 saturated carbocycles. The quantitative estimate of drug-likeness (QED) is 0.573. The molecule has 1 aliphatic carbocycles. The molecule has 0 aliphatic heterocycles. The van der Waals surface area contributed by atoms with Gasteiger partial charge in [-0.05, 0) is 36.5 Å². The van der Waals surface area contributed by atoms with Crippen LogP contribution in [0.25, 0.3) is 0 Å². The molecular formula is C14H18ClNO. The molecule has 0 atom stereocenters. The van der Waals surface area contributed by atoms with E-state index >= 15 is 0 Å². The molecule has 0 aromatic heterocycles. The van der Waals surface area contributed by atoms with Crippen LogP contribution in [0.15, 0.2) is 29.4 Å². The fourth-order valence-electron chi connectivity index (χ4n) is 2.15. The van der Waals surface area contributed by atoms with E-state index in [1.165, 1.54) is 32.1 Å². The summed E-state index contributed by atoms with van der Waals surface area (Å²) in [5.74, 6) is 0.614. The highest BCUT2D eigenvalue weighted by Crippen LogP contribution is 2.21. The Hall–Kier alpha value is -1.02. The molecule has 0 N–H and O–H groups in total. The molecule has 2 rings (SSSR count). The zero-order valence-corrected chi connectivity index (χ0v) is 10.7. The van der Waals surface area contributed by atoms with Crippen molar-refractivity contribution in [2.24, 2.45) is 11.1 Å². The van der Waals surface area contributed by atoms with Crippen LogP contribution < -0.4 is 0 Å². The molecule has 0 heterocycles. The molecule has 2 nitrogen and oxygen atoms in total. The predicted octanol–water partition coefficient (Wildman–Crippen LogP) is 4.42. The van der Waals surface area contributed by atoms with Crippen molar-refractivity contribution >= 4 is 17.8 Å². The van der Waals surface area contributed by atoms with E-state index in [4.69, 9.17) is 16.4 Å². The van der Waals surface area contributed by atoms with Crippen molar-refractivity contribution < 1.29 is 4.84 Å². The van der Waals surface area contributed by atoms with E-state index in [1.807, 2.05) is 30.5 Å². The first-order valence-corrected chi connectivity index (χ1v) is 6.62. The Labute approximate surface area is 108 Å². The van der Waals surface area contributed by atoms with E-state index in [1.54, 1.807) is 0 Å². The summed E-state index contributed by atoms with van der Waals surface area (Å²) in [6.45, 7) is 0.490. The van der Waals surface area contributed by atoms with Crippen LogP contribution in [0.5, 0.6) is 0 Å². The van der Waals surface area contributed by atoms with E-state index < -0.39 is 0 Å². The van der Waals surface area contributed by atoms with Crippen molar-refractivity contribution in [2.75, 3.05) is 0 Å². The van der Waals surface area contributed by atoms with E-state index in [2.05, 4.69) is 5.16 Å². The van der Waals surface area contributed by atoms with Gasteiger partial charge in [0.2, 0.25) is 0 Å². The smallest absolute Gasteiger partial charge is 0.142 e. The number of nitrogens with zero attached hydrogens (tertiary/aromatic N) is 1.